The number of anilines is 2. The van der Waals surface area contributed by atoms with E-state index in [2.05, 4.69) is 10.6 Å². The van der Waals surface area contributed by atoms with E-state index in [1.165, 1.54) is 24.3 Å². The molecule has 2 N–H and O–H groups in total. The van der Waals surface area contributed by atoms with E-state index in [0.29, 0.717) is 29.5 Å². The Bertz CT molecular complexity index is 799. The van der Waals surface area contributed by atoms with E-state index >= 15 is 0 Å². The van der Waals surface area contributed by atoms with Crippen molar-refractivity contribution in [1.29, 1.82) is 0 Å². The van der Waals surface area contributed by atoms with Gasteiger partial charge in [-0.15, -0.1) is 0 Å². The molecule has 0 aliphatic rings. The van der Waals surface area contributed by atoms with Gasteiger partial charge in [0, 0.05) is 36.5 Å². The predicted molar refractivity (Wildman–Crippen MR) is 97.9 cm³/mol. The number of nitro groups is 1. The molecule has 0 radical (unpaired) electrons. The summed E-state index contributed by atoms with van der Waals surface area (Å²) < 4.78 is 4.95. The van der Waals surface area contributed by atoms with E-state index in [0.717, 1.165) is 0 Å². The molecule has 0 heterocycles. The number of nitrogens with zero attached hydrogens (tertiary/aromatic N) is 1. The van der Waals surface area contributed by atoms with Gasteiger partial charge in [0.2, 0.25) is 0 Å². The second-order valence-electron chi connectivity index (χ2n) is 4.98. The standard InChI is InChI=1S/C16H15Cl2N3O4/c1-25-7-6-19-14-5-3-11(21(23)24)9-12(14)16(22)20-15-4-2-10(17)8-13(15)18/h2-5,8-9,19H,6-7H2,1H3,(H,20,22). The number of nitro benzene ring substituents is 1. The Hall–Kier alpha value is -2.35. The highest BCUT2D eigenvalue weighted by atomic mass is 35.5. The summed E-state index contributed by atoms with van der Waals surface area (Å²) in [5, 5.41) is 17.3. The molecule has 0 bridgehead atoms. The van der Waals surface area contributed by atoms with Crippen LogP contribution in [0.3, 0.4) is 0 Å². The molecule has 2 aromatic carbocycles. The molecule has 0 aliphatic heterocycles. The van der Waals surface area contributed by atoms with Gasteiger partial charge in [0.05, 0.1) is 27.8 Å². The monoisotopic (exact) mass is 383 g/mol. The van der Waals surface area contributed by atoms with Gasteiger partial charge in [0.15, 0.2) is 0 Å². The SMILES string of the molecule is COCCNc1ccc([N+](=O)[O-])cc1C(=O)Nc1ccc(Cl)cc1Cl. The van der Waals surface area contributed by atoms with Crippen molar-refractivity contribution < 1.29 is 14.5 Å². The van der Waals surface area contributed by atoms with Gasteiger partial charge in [-0.05, 0) is 24.3 Å². The van der Waals surface area contributed by atoms with Gasteiger partial charge < -0.3 is 15.4 Å². The molecule has 0 unspecified atom stereocenters. The Labute approximate surface area is 154 Å². The van der Waals surface area contributed by atoms with E-state index in [1.807, 2.05) is 0 Å². The lowest BCUT2D eigenvalue weighted by Gasteiger charge is -2.13. The molecule has 1 amide bonds. The summed E-state index contributed by atoms with van der Waals surface area (Å²) in [6.45, 7) is 0.858. The number of amides is 1. The second kappa shape index (κ2) is 8.66. The molecule has 9 heteroatoms. The van der Waals surface area contributed by atoms with E-state index < -0.39 is 10.8 Å². The highest BCUT2D eigenvalue weighted by molar-refractivity contribution is 6.36. The highest BCUT2D eigenvalue weighted by Gasteiger charge is 2.18. The van der Waals surface area contributed by atoms with Gasteiger partial charge in [-0.25, -0.2) is 0 Å². The molecule has 0 saturated carbocycles. The van der Waals surface area contributed by atoms with Crippen LogP contribution in [0.4, 0.5) is 17.1 Å². The molecule has 0 spiro atoms. The Morgan fingerprint density at radius 1 is 1.20 bits per heavy atom. The summed E-state index contributed by atoms with van der Waals surface area (Å²) >= 11 is 11.9. The third-order valence-corrected chi connectivity index (χ3v) is 3.81. The van der Waals surface area contributed by atoms with Crippen LogP contribution in [0.15, 0.2) is 36.4 Å². The summed E-state index contributed by atoms with van der Waals surface area (Å²) in [5.41, 5.74) is 0.733. The van der Waals surface area contributed by atoms with Crippen molar-refractivity contribution in [3.63, 3.8) is 0 Å². The summed E-state index contributed by atoms with van der Waals surface area (Å²) in [5.74, 6) is -0.534. The molecular weight excluding hydrogens is 369 g/mol. The normalized spacial score (nSPS) is 10.4. The zero-order valence-electron chi connectivity index (χ0n) is 13.2. The van der Waals surface area contributed by atoms with Crippen LogP contribution in [-0.4, -0.2) is 31.1 Å². The number of ether oxygens (including phenoxy) is 1. The Morgan fingerprint density at radius 3 is 2.56 bits per heavy atom. The first-order valence-corrected chi connectivity index (χ1v) is 7.95. The summed E-state index contributed by atoms with van der Waals surface area (Å²) in [6, 6.07) is 8.62. The number of carbonyl (C=O) groups excluding carboxylic acids is 1. The van der Waals surface area contributed by atoms with Crippen molar-refractivity contribution >= 4 is 46.2 Å². The molecule has 2 rings (SSSR count). The molecule has 0 atom stereocenters. The van der Waals surface area contributed by atoms with E-state index in [4.69, 9.17) is 27.9 Å². The number of nitrogens with one attached hydrogen (secondary N) is 2. The fourth-order valence-corrected chi connectivity index (χ4v) is 2.51. The molecule has 0 saturated heterocycles. The van der Waals surface area contributed by atoms with Crippen LogP contribution < -0.4 is 10.6 Å². The summed E-state index contributed by atoms with van der Waals surface area (Å²) in [7, 11) is 1.55. The first kappa shape index (κ1) is 19.0. The van der Waals surface area contributed by atoms with Gasteiger partial charge in [0.25, 0.3) is 11.6 Å². The number of methoxy groups -OCH3 is 1. The zero-order valence-corrected chi connectivity index (χ0v) is 14.7. The highest BCUT2D eigenvalue weighted by Crippen LogP contribution is 2.28. The number of halogens is 2. The number of hydrogen-bond donors (Lipinski definition) is 2. The van der Waals surface area contributed by atoms with Gasteiger partial charge >= 0.3 is 0 Å². The van der Waals surface area contributed by atoms with Crippen LogP contribution in [0.1, 0.15) is 10.4 Å². The quantitative estimate of drug-likeness (QED) is 0.424. The van der Waals surface area contributed by atoms with E-state index in [-0.39, 0.29) is 16.3 Å². The molecule has 25 heavy (non-hydrogen) atoms. The topological polar surface area (TPSA) is 93.5 Å². The smallest absolute Gasteiger partial charge is 0.270 e. The number of non-ortho nitro benzene ring substituents is 1. The van der Waals surface area contributed by atoms with Crippen molar-refractivity contribution in [2.45, 2.75) is 0 Å². The lowest BCUT2D eigenvalue weighted by Crippen LogP contribution is -2.17. The molecule has 0 fully saturated rings. The maximum atomic E-state index is 12.6. The molecule has 0 aromatic heterocycles. The van der Waals surface area contributed by atoms with Gasteiger partial charge in [-0.1, -0.05) is 23.2 Å². The Kier molecular flexibility index (Phi) is 6.58. The maximum absolute atomic E-state index is 12.6. The third kappa shape index (κ3) is 5.06. The number of rotatable bonds is 7. The van der Waals surface area contributed by atoms with Crippen LogP contribution in [0.5, 0.6) is 0 Å². The molecule has 7 nitrogen and oxygen atoms in total. The number of carbonyl (C=O) groups is 1. The number of benzene rings is 2. The second-order valence-corrected chi connectivity index (χ2v) is 5.83. The molecular formula is C16H15Cl2N3O4. The van der Waals surface area contributed by atoms with Crippen molar-refractivity contribution in [1.82, 2.24) is 0 Å². The average Bonchev–Trinajstić information content (AvgIpc) is 2.57. The molecule has 132 valence electrons. The van der Waals surface area contributed by atoms with Crippen molar-refractivity contribution in [3.8, 4) is 0 Å². The van der Waals surface area contributed by atoms with Crippen LogP contribution in [0, 0.1) is 10.1 Å². The summed E-state index contributed by atoms with van der Waals surface area (Å²) in [4.78, 5) is 23.0. The zero-order chi connectivity index (χ0) is 18.4. The van der Waals surface area contributed by atoms with Crippen LogP contribution in [0.2, 0.25) is 10.0 Å². The fraction of sp³-hybridized carbons (Fsp3) is 0.188. The minimum Gasteiger partial charge on any atom is -0.383 e. The molecule has 0 aliphatic carbocycles. The number of hydrogen-bond acceptors (Lipinski definition) is 5. The van der Waals surface area contributed by atoms with Crippen molar-refractivity contribution in [2.24, 2.45) is 0 Å². The summed E-state index contributed by atoms with van der Waals surface area (Å²) in [6.07, 6.45) is 0. The Balaban J connectivity index is 2.31. The van der Waals surface area contributed by atoms with Crippen molar-refractivity contribution in [2.75, 3.05) is 30.9 Å². The van der Waals surface area contributed by atoms with E-state index in [1.54, 1.807) is 19.2 Å². The maximum Gasteiger partial charge on any atom is 0.270 e. The predicted octanol–water partition coefficient (Wildman–Crippen LogP) is 4.21. The van der Waals surface area contributed by atoms with Gasteiger partial charge in [-0.2, -0.15) is 0 Å². The largest absolute Gasteiger partial charge is 0.383 e. The van der Waals surface area contributed by atoms with Crippen LogP contribution in [-0.2, 0) is 4.74 Å². The lowest BCUT2D eigenvalue weighted by atomic mass is 10.1. The fourth-order valence-electron chi connectivity index (χ4n) is 2.06. The lowest BCUT2D eigenvalue weighted by molar-refractivity contribution is -0.384. The third-order valence-electron chi connectivity index (χ3n) is 3.26. The minimum atomic E-state index is -0.565. The average molecular weight is 384 g/mol. The first-order chi connectivity index (χ1) is 11.9. The Morgan fingerprint density at radius 2 is 1.92 bits per heavy atom. The van der Waals surface area contributed by atoms with Crippen LogP contribution in [0.25, 0.3) is 0 Å². The van der Waals surface area contributed by atoms with Crippen LogP contribution >= 0.6 is 23.2 Å². The van der Waals surface area contributed by atoms with Gasteiger partial charge in [0.1, 0.15) is 0 Å². The minimum absolute atomic E-state index is 0.122. The molecule has 2 aromatic rings. The van der Waals surface area contributed by atoms with Crippen molar-refractivity contribution in [3.05, 3.63) is 62.1 Å². The van der Waals surface area contributed by atoms with E-state index in [9.17, 15) is 14.9 Å². The first-order valence-electron chi connectivity index (χ1n) is 7.20. The van der Waals surface area contributed by atoms with Gasteiger partial charge in [-0.3, -0.25) is 14.9 Å².